The summed E-state index contributed by atoms with van der Waals surface area (Å²) in [5, 5.41) is 5.20. The van der Waals surface area contributed by atoms with Gasteiger partial charge in [-0.05, 0) is 24.6 Å². The van der Waals surface area contributed by atoms with Crippen molar-refractivity contribution in [2.24, 2.45) is 0 Å². The van der Waals surface area contributed by atoms with E-state index in [1.807, 2.05) is 36.1 Å². The first kappa shape index (κ1) is 20.3. The topological polar surface area (TPSA) is 70.8 Å². The van der Waals surface area contributed by atoms with Crippen LogP contribution in [0.2, 0.25) is 0 Å². The van der Waals surface area contributed by atoms with Gasteiger partial charge in [0.2, 0.25) is 4.96 Å². The van der Waals surface area contributed by atoms with Crippen LogP contribution in [0.1, 0.15) is 15.9 Å². The quantitative estimate of drug-likeness (QED) is 0.480. The predicted octanol–water partition coefficient (Wildman–Crippen LogP) is 3.23. The highest BCUT2D eigenvalue weighted by Gasteiger charge is 2.25. The van der Waals surface area contributed by atoms with E-state index in [9.17, 15) is 14.0 Å². The minimum atomic E-state index is -0.519. The molecule has 0 N–H and O–H groups in total. The zero-order chi connectivity index (χ0) is 22.2. The molecule has 0 radical (unpaired) electrons. The van der Waals surface area contributed by atoms with Crippen LogP contribution in [0.15, 0.2) is 59.4 Å². The molecule has 5 rings (SSSR count). The van der Waals surface area contributed by atoms with Crippen molar-refractivity contribution >= 4 is 28.0 Å². The van der Waals surface area contributed by atoms with Crippen molar-refractivity contribution in [2.75, 3.05) is 31.1 Å². The summed E-state index contributed by atoms with van der Waals surface area (Å²) in [5.41, 5.74) is 1.89. The number of anilines is 1. The zero-order valence-electron chi connectivity index (χ0n) is 17.4. The molecule has 2 aromatic heterocycles. The number of aryl methyl sites for hydroxylation is 1. The number of carbonyl (C=O) groups is 1. The lowest BCUT2D eigenvalue weighted by molar-refractivity contribution is 0.0742. The number of piperazine rings is 1. The lowest BCUT2D eigenvalue weighted by atomic mass is 10.1. The molecule has 0 atom stereocenters. The third-order valence-electron chi connectivity index (χ3n) is 5.60. The molecule has 1 saturated heterocycles. The first-order valence-electron chi connectivity index (χ1n) is 10.3. The summed E-state index contributed by atoms with van der Waals surface area (Å²) in [5.74, 6) is -0.278. The van der Waals surface area contributed by atoms with Crippen LogP contribution in [0.3, 0.4) is 0 Å². The van der Waals surface area contributed by atoms with E-state index in [0.29, 0.717) is 37.0 Å². The van der Waals surface area contributed by atoms with Gasteiger partial charge in [-0.1, -0.05) is 47.7 Å². The second-order valence-corrected chi connectivity index (χ2v) is 8.58. The van der Waals surface area contributed by atoms with Crippen LogP contribution in [-0.4, -0.2) is 51.6 Å². The van der Waals surface area contributed by atoms with Crippen molar-refractivity contribution in [2.45, 2.75) is 6.92 Å². The van der Waals surface area contributed by atoms with E-state index in [4.69, 9.17) is 0 Å². The molecular weight excluding hydrogens is 429 g/mol. The number of carbonyl (C=O) groups excluding carboxylic acids is 1. The van der Waals surface area contributed by atoms with Gasteiger partial charge in [-0.2, -0.15) is 9.61 Å². The van der Waals surface area contributed by atoms with Crippen LogP contribution in [0, 0.1) is 12.7 Å². The highest BCUT2D eigenvalue weighted by Crippen LogP contribution is 2.27. The second kappa shape index (κ2) is 8.16. The molecule has 9 heteroatoms. The van der Waals surface area contributed by atoms with Crippen LogP contribution < -0.4 is 10.5 Å². The van der Waals surface area contributed by atoms with Gasteiger partial charge < -0.3 is 9.80 Å². The van der Waals surface area contributed by atoms with Crippen molar-refractivity contribution < 1.29 is 9.18 Å². The number of benzene rings is 2. The lowest BCUT2D eigenvalue weighted by Gasteiger charge is -2.35. The molecule has 7 nitrogen and oxygen atoms in total. The van der Waals surface area contributed by atoms with Gasteiger partial charge in [-0.3, -0.25) is 9.59 Å². The largest absolute Gasteiger partial charge is 0.353 e. The van der Waals surface area contributed by atoms with E-state index < -0.39 is 5.82 Å². The van der Waals surface area contributed by atoms with Crippen LogP contribution in [0.25, 0.3) is 15.5 Å². The average Bonchev–Trinajstić information content (AvgIpc) is 3.24. The van der Waals surface area contributed by atoms with E-state index in [1.165, 1.54) is 34.1 Å². The van der Waals surface area contributed by atoms with Crippen molar-refractivity contribution in [3.63, 3.8) is 0 Å². The van der Waals surface area contributed by atoms with E-state index in [2.05, 4.69) is 10.1 Å². The van der Waals surface area contributed by atoms with Crippen LogP contribution >= 0.6 is 11.3 Å². The van der Waals surface area contributed by atoms with E-state index in [0.717, 1.165) is 16.1 Å². The number of rotatable bonds is 3. The minimum absolute atomic E-state index is 0.0760. The van der Waals surface area contributed by atoms with Crippen LogP contribution in [0.4, 0.5) is 10.2 Å². The Balaban J connectivity index is 1.37. The smallest absolute Gasteiger partial charge is 0.277 e. The Morgan fingerprint density at radius 2 is 1.75 bits per heavy atom. The molecule has 0 bridgehead atoms. The Hall–Kier alpha value is -3.59. The second-order valence-electron chi connectivity index (χ2n) is 7.63. The standard InChI is InChI=1S/C23H20FN5O2S/c1-15-6-2-3-7-16(15)21-26-29-20(30)14-19(25-23(29)32-21)27-10-12-28(13-11-27)22(31)17-8-4-5-9-18(17)24/h2-9,14H,10-13H2,1H3. The normalized spacial score (nSPS) is 14.2. The monoisotopic (exact) mass is 449 g/mol. The van der Waals surface area contributed by atoms with Gasteiger partial charge in [0.1, 0.15) is 16.6 Å². The minimum Gasteiger partial charge on any atom is -0.353 e. The zero-order valence-corrected chi connectivity index (χ0v) is 18.2. The third-order valence-corrected chi connectivity index (χ3v) is 6.54. The molecule has 1 aliphatic rings. The first-order valence-corrected chi connectivity index (χ1v) is 11.1. The summed E-state index contributed by atoms with van der Waals surface area (Å²) in [7, 11) is 0. The molecule has 0 saturated carbocycles. The molecule has 0 spiro atoms. The molecule has 4 aromatic rings. The van der Waals surface area contributed by atoms with Crippen LogP contribution in [-0.2, 0) is 0 Å². The summed E-state index contributed by atoms with van der Waals surface area (Å²) in [6.07, 6.45) is 0. The molecule has 0 aliphatic carbocycles. The van der Waals surface area contributed by atoms with Gasteiger partial charge in [-0.15, -0.1) is 0 Å². The summed E-state index contributed by atoms with van der Waals surface area (Å²) >= 11 is 1.37. The van der Waals surface area contributed by atoms with Gasteiger partial charge in [0.05, 0.1) is 5.56 Å². The predicted molar refractivity (Wildman–Crippen MR) is 122 cm³/mol. The summed E-state index contributed by atoms with van der Waals surface area (Å²) < 4.78 is 15.3. The van der Waals surface area contributed by atoms with Gasteiger partial charge >= 0.3 is 0 Å². The maximum Gasteiger partial charge on any atom is 0.277 e. The number of halogens is 1. The number of amides is 1. The number of fused-ring (bicyclic) bond motifs is 1. The van der Waals surface area contributed by atoms with Gasteiger partial charge in [-0.25, -0.2) is 9.37 Å². The average molecular weight is 450 g/mol. The fourth-order valence-electron chi connectivity index (χ4n) is 3.83. The summed E-state index contributed by atoms with van der Waals surface area (Å²) in [6, 6.07) is 15.4. The highest BCUT2D eigenvalue weighted by atomic mass is 32.1. The number of hydrogen-bond acceptors (Lipinski definition) is 6. The van der Waals surface area contributed by atoms with E-state index in [-0.39, 0.29) is 17.0 Å². The molecule has 162 valence electrons. The lowest BCUT2D eigenvalue weighted by Crippen LogP contribution is -2.49. The first-order chi connectivity index (χ1) is 15.5. The Labute approximate surface area is 187 Å². The van der Waals surface area contributed by atoms with Gasteiger partial charge in [0.15, 0.2) is 0 Å². The maximum atomic E-state index is 14.0. The molecule has 32 heavy (non-hydrogen) atoms. The number of hydrogen-bond donors (Lipinski definition) is 0. The van der Waals surface area contributed by atoms with Crippen molar-refractivity contribution in [3.8, 4) is 10.6 Å². The molecule has 1 aliphatic heterocycles. The van der Waals surface area contributed by atoms with Crippen molar-refractivity contribution in [3.05, 3.63) is 81.9 Å². The molecule has 0 unspecified atom stereocenters. The molecule has 1 amide bonds. The highest BCUT2D eigenvalue weighted by molar-refractivity contribution is 7.19. The fourth-order valence-corrected chi connectivity index (χ4v) is 4.82. The third kappa shape index (κ3) is 3.64. The number of aromatic nitrogens is 3. The van der Waals surface area contributed by atoms with Crippen LogP contribution in [0.5, 0.6) is 0 Å². The Morgan fingerprint density at radius 3 is 2.50 bits per heavy atom. The Kier molecular flexibility index (Phi) is 5.18. The summed E-state index contributed by atoms with van der Waals surface area (Å²) in [6.45, 7) is 3.86. The maximum absolute atomic E-state index is 14.0. The Morgan fingerprint density at radius 1 is 1.03 bits per heavy atom. The number of nitrogens with zero attached hydrogens (tertiary/aromatic N) is 5. The van der Waals surface area contributed by atoms with Gasteiger partial charge in [0, 0.05) is 37.8 Å². The van der Waals surface area contributed by atoms with Crippen molar-refractivity contribution in [1.29, 1.82) is 0 Å². The fraction of sp³-hybridized carbons (Fsp3) is 0.217. The Bertz CT molecular complexity index is 1370. The molecule has 2 aromatic carbocycles. The molecule has 1 fully saturated rings. The van der Waals surface area contributed by atoms with E-state index >= 15 is 0 Å². The summed E-state index contributed by atoms with van der Waals surface area (Å²) in [4.78, 5) is 34.1. The SMILES string of the molecule is Cc1ccccc1-c1nn2c(=O)cc(N3CCN(C(=O)c4ccccc4F)CC3)nc2s1. The van der Waals surface area contributed by atoms with E-state index in [1.54, 1.807) is 17.0 Å². The van der Waals surface area contributed by atoms with Gasteiger partial charge in [0.25, 0.3) is 11.5 Å². The molecule has 3 heterocycles. The molecular formula is C23H20FN5O2S. The van der Waals surface area contributed by atoms with Crippen molar-refractivity contribution in [1.82, 2.24) is 19.5 Å².